The topological polar surface area (TPSA) is 63.6 Å². The summed E-state index contributed by atoms with van der Waals surface area (Å²) in [4.78, 5) is 11.3. The average Bonchev–Trinajstić information content (AvgIpc) is 2.48. The highest BCUT2D eigenvalue weighted by atomic mass is 35.5. The lowest BCUT2D eigenvalue weighted by Gasteiger charge is -2.07. The molecule has 0 heterocycles. The minimum Gasteiger partial charge on any atom is -0.493 e. The Bertz CT molecular complexity index is 655. The molecule has 2 rings (SSSR count). The number of carbonyl (C=O) groups is 1. The largest absolute Gasteiger partial charge is 0.493 e. The molecule has 0 radical (unpaired) electrons. The summed E-state index contributed by atoms with van der Waals surface area (Å²) < 4.78 is 17.5. The number of rotatable bonds is 6. The molecule has 110 valence electrons. The summed E-state index contributed by atoms with van der Waals surface area (Å²) in [5, 5.41) is 9.26. The Kier molecular flexibility index (Phi) is 5.36. The van der Waals surface area contributed by atoms with E-state index >= 15 is 0 Å². The zero-order chi connectivity index (χ0) is 15.2. The fraction of sp³-hybridized carbons (Fsp3) is 0.133. The Morgan fingerprint density at radius 3 is 2.43 bits per heavy atom. The Hall–Kier alpha value is -1.85. The summed E-state index contributed by atoms with van der Waals surface area (Å²) >= 11 is 5.97. The van der Waals surface area contributed by atoms with E-state index in [1.807, 2.05) is 0 Å². The number of aromatic carboxylic acids is 1. The van der Waals surface area contributed by atoms with Gasteiger partial charge in [0.1, 0.15) is 12.4 Å². The van der Waals surface area contributed by atoms with Crippen LogP contribution in [0.4, 0.5) is 0 Å². The van der Waals surface area contributed by atoms with Crippen LogP contribution in [0, 0.1) is 0 Å². The van der Waals surface area contributed by atoms with E-state index in [0.717, 1.165) is 0 Å². The van der Waals surface area contributed by atoms with Crippen LogP contribution < -0.4 is 4.74 Å². The van der Waals surface area contributed by atoms with Crippen molar-refractivity contribution in [3.8, 4) is 5.75 Å². The summed E-state index contributed by atoms with van der Waals surface area (Å²) in [6.45, 7) is 0.254. The smallest absolute Gasteiger partial charge is 0.335 e. The first kappa shape index (κ1) is 15.5. The van der Waals surface area contributed by atoms with Gasteiger partial charge in [-0.25, -0.2) is 4.79 Å². The van der Waals surface area contributed by atoms with E-state index in [1.165, 1.54) is 12.1 Å². The van der Waals surface area contributed by atoms with Crippen molar-refractivity contribution in [3.63, 3.8) is 0 Å². The number of ether oxygens (including phenoxy) is 1. The van der Waals surface area contributed by atoms with E-state index in [9.17, 15) is 9.00 Å². The van der Waals surface area contributed by atoms with Crippen LogP contribution in [0.15, 0.2) is 53.4 Å². The van der Waals surface area contributed by atoms with E-state index in [0.29, 0.717) is 21.4 Å². The minimum atomic E-state index is -1.23. The molecule has 0 amide bonds. The number of benzene rings is 2. The lowest BCUT2D eigenvalue weighted by Crippen LogP contribution is -2.09. The zero-order valence-electron chi connectivity index (χ0n) is 11.0. The zero-order valence-corrected chi connectivity index (χ0v) is 12.6. The molecule has 4 nitrogen and oxygen atoms in total. The molecule has 6 heteroatoms. The van der Waals surface area contributed by atoms with Gasteiger partial charge in [-0.15, -0.1) is 0 Å². The molecule has 0 fully saturated rings. The van der Waals surface area contributed by atoms with E-state index in [-0.39, 0.29) is 12.2 Å². The molecule has 2 aromatic carbocycles. The first-order valence-corrected chi connectivity index (χ1v) is 7.86. The first-order chi connectivity index (χ1) is 10.1. The quantitative estimate of drug-likeness (QED) is 0.886. The molecule has 21 heavy (non-hydrogen) atoms. The van der Waals surface area contributed by atoms with E-state index < -0.39 is 16.8 Å². The van der Waals surface area contributed by atoms with Crippen molar-refractivity contribution in [1.29, 1.82) is 0 Å². The summed E-state index contributed by atoms with van der Waals surface area (Å²) in [6, 6.07) is 13.0. The van der Waals surface area contributed by atoms with Crippen molar-refractivity contribution in [3.05, 3.63) is 59.1 Å². The molecule has 1 atom stereocenters. The molecule has 0 aromatic heterocycles. The average molecular weight is 325 g/mol. The van der Waals surface area contributed by atoms with Crippen molar-refractivity contribution in [2.45, 2.75) is 4.90 Å². The molecule has 0 aliphatic heterocycles. The molecule has 2 aromatic rings. The molecule has 0 aliphatic carbocycles. The van der Waals surface area contributed by atoms with E-state index in [1.54, 1.807) is 36.4 Å². The van der Waals surface area contributed by atoms with Crippen LogP contribution in [-0.4, -0.2) is 27.6 Å². The van der Waals surface area contributed by atoms with Gasteiger partial charge in [0, 0.05) is 0 Å². The lowest BCUT2D eigenvalue weighted by molar-refractivity contribution is 0.0697. The van der Waals surface area contributed by atoms with Crippen molar-refractivity contribution in [2.75, 3.05) is 12.4 Å². The first-order valence-electron chi connectivity index (χ1n) is 6.17. The maximum atomic E-state index is 12.1. The van der Waals surface area contributed by atoms with Crippen LogP contribution in [0.5, 0.6) is 5.75 Å². The van der Waals surface area contributed by atoms with Crippen molar-refractivity contribution in [1.82, 2.24) is 0 Å². The lowest BCUT2D eigenvalue weighted by atomic mass is 10.2. The molecule has 0 saturated carbocycles. The van der Waals surface area contributed by atoms with Gasteiger partial charge in [-0.1, -0.05) is 23.7 Å². The molecular weight excluding hydrogens is 312 g/mol. The Morgan fingerprint density at radius 2 is 1.81 bits per heavy atom. The van der Waals surface area contributed by atoms with Crippen LogP contribution in [0.25, 0.3) is 0 Å². The standard InChI is InChI=1S/C15H13ClO4S/c16-13-3-1-2-4-14(13)21(19)10-9-20-12-7-5-11(6-8-12)15(17)18/h1-8H,9-10H2,(H,17,18). The molecule has 0 saturated heterocycles. The maximum Gasteiger partial charge on any atom is 0.335 e. The van der Waals surface area contributed by atoms with Crippen LogP contribution in [0.3, 0.4) is 0 Å². The fourth-order valence-corrected chi connectivity index (χ4v) is 3.03. The highest BCUT2D eigenvalue weighted by Crippen LogP contribution is 2.19. The third kappa shape index (κ3) is 4.31. The van der Waals surface area contributed by atoms with Gasteiger partial charge in [0.2, 0.25) is 0 Å². The number of halogens is 1. The Balaban J connectivity index is 1.88. The predicted octanol–water partition coefficient (Wildman–Crippen LogP) is 3.22. The number of carboxylic acids is 1. The van der Waals surface area contributed by atoms with E-state index in [4.69, 9.17) is 21.4 Å². The minimum absolute atomic E-state index is 0.196. The highest BCUT2D eigenvalue weighted by molar-refractivity contribution is 7.85. The predicted molar refractivity (Wildman–Crippen MR) is 81.6 cm³/mol. The molecule has 1 N–H and O–H groups in total. The van der Waals surface area contributed by atoms with Crippen LogP contribution in [0.1, 0.15) is 10.4 Å². The molecule has 0 spiro atoms. The second kappa shape index (κ2) is 7.24. The second-order valence-corrected chi connectivity index (χ2v) is 6.10. The summed E-state index contributed by atoms with van der Waals surface area (Å²) in [5.41, 5.74) is 0.196. The Labute approximate surface area is 129 Å². The number of carboxylic acid groups (broad SMARTS) is 1. The van der Waals surface area contributed by atoms with Gasteiger partial charge < -0.3 is 9.84 Å². The van der Waals surface area contributed by atoms with Gasteiger partial charge >= 0.3 is 5.97 Å². The van der Waals surface area contributed by atoms with Crippen LogP contribution in [0.2, 0.25) is 5.02 Å². The summed E-state index contributed by atoms with van der Waals surface area (Å²) in [5.74, 6) is -0.137. The maximum absolute atomic E-state index is 12.1. The van der Waals surface area contributed by atoms with Gasteiger partial charge in [-0.05, 0) is 36.4 Å². The molecule has 0 aliphatic rings. The monoisotopic (exact) mass is 324 g/mol. The number of hydrogen-bond donors (Lipinski definition) is 1. The highest BCUT2D eigenvalue weighted by Gasteiger charge is 2.08. The van der Waals surface area contributed by atoms with Crippen molar-refractivity contribution < 1.29 is 18.8 Å². The normalized spacial score (nSPS) is 11.9. The summed E-state index contributed by atoms with van der Waals surface area (Å²) in [6.07, 6.45) is 0. The van der Waals surface area contributed by atoms with Crippen molar-refractivity contribution >= 4 is 28.4 Å². The molecular formula is C15H13ClO4S. The number of hydrogen-bond acceptors (Lipinski definition) is 3. The van der Waals surface area contributed by atoms with Gasteiger partial charge in [-0.3, -0.25) is 4.21 Å². The molecule has 1 unspecified atom stereocenters. The van der Waals surface area contributed by atoms with Crippen LogP contribution >= 0.6 is 11.6 Å². The third-order valence-electron chi connectivity index (χ3n) is 2.72. The Morgan fingerprint density at radius 1 is 1.14 bits per heavy atom. The molecule has 0 bridgehead atoms. The van der Waals surface area contributed by atoms with Gasteiger partial charge in [0.25, 0.3) is 0 Å². The SMILES string of the molecule is O=C(O)c1ccc(OCCS(=O)c2ccccc2Cl)cc1. The van der Waals surface area contributed by atoms with E-state index in [2.05, 4.69) is 0 Å². The summed E-state index contributed by atoms with van der Waals surface area (Å²) in [7, 11) is -1.23. The van der Waals surface area contributed by atoms with Crippen molar-refractivity contribution in [2.24, 2.45) is 0 Å². The van der Waals surface area contributed by atoms with Gasteiger partial charge in [0.05, 0.1) is 32.0 Å². The third-order valence-corrected chi connectivity index (χ3v) is 4.55. The fourth-order valence-electron chi connectivity index (χ4n) is 1.67. The van der Waals surface area contributed by atoms with Crippen LogP contribution in [-0.2, 0) is 10.8 Å². The second-order valence-electron chi connectivity index (χ2n) is 4.16. The van der Waals surface area contributed by atoms with Gasteiger partial charge in [0.15, 0.2) is 0 Å². The van der Waals surface area contributed by atoms with Gasteiger partial charge in [-0.2, -0.15) is 0 Å².